The first-order valence-corrected chi connectivity index (χ1v) is 5.87. The van der Waals surface area contributed by atoms with Crippen LogP contribution in [-0.4, -0.2) is 33.1 Å². The monoisotopic (exact) mass is 243 g/mol. The van der Waals surface area contributed by atoms with E-state index in [9.17, 15) is 9.90 Å². The van der Waals surface area contributed by atoms with Gasteiger partial charge >= 0.3 is 0 Å². The number of rotatable bonds is 3. The molecular formula is C13H13N3O2. The van der Waals surface area contributed by atoms with Crippen LogP contribution in [-0.2, 0) is 0 Å². The molecule has 0 saturated heterocycles. The zero-order chi connectivity index (χ0) is 12.6. The molecule has 2 N–H and O–H groups in total. The molecule has 1 fully saturated rings. The van der Waals surface area contributed by atoms with Crippen LogP contribution in [0.15, 0.2) is 30.6 Å². The molecule has 0 radical (unpaired) electrons. The number of carbonyl (C=O) groups excluding carboxylic acids is 1. The quantitative estimate of drug-likeness (QED) is 0.839. The fourth-order valence-electron chi connectivity index (χ4n) is 1.96. The molecule has 0 bridgehead atoms. The second-order valence-corrected chi connectivity index (χ2v) is 4.62. The Labute approximate surface area is 104 Å². The van der Waals surface area contributed by atoms with Crippen molar-refractivity contribution in [3.05, 3.63) is 36.2 Å². The summed E-state index contributed by atoms with van der Waals surface area (Å²) in [5.41, 5.74) is 1.37. The van der Waals surface area contributed by atoms with Gasteiger partial charge in [-0.25, -0.2) is 0 Å². The number of aliphatic hydroxyl groups is 1. The van der Waals surface area contributed by atoms with E-state index in [1.807, 2.05) is 6.07 Å². The topological polar surface area (TPSA) is 75.1 Å². The van der Waals surface area contributed by atoms with Gasteiger partial charge < -0.3 is 10.4 Å². The van der Waals surface area contributed by atoms with E-state index in [-0.39, 0.29) is 12.5 Å². The van der Waals surface area contributed by atoms with Gasteiger partial charge in [-0.2, -0.15) is 0 Å². The molecular weight excluding hydrogens is 230 g/mol. The van der Waals surface area contributed by atoms with E-state index in [0.29, 0.717) is 16.6 Å². The van der Waals surface area contributed by atoms with E-state index in [2.05, 4.69) is 15.3 Å². The minimum atomic E-state index is -0.415. The number of carbonyl (C=O) groups is 1. The number of para-hydroxylation sites is 1. The minimum Gasteiger partial charge on any atom is -0.394 e. The molecule has 1 heterocycles. The van der Waals surface area contributed by atoms with Crippen LogP contribution < -0.4 is 5.32 Å². The average molecular weight is 243 g/mol. The Balaban J connectivity index is 1.96. The number of hydrogen-bond donors (Lipinski definition) is 2. The van der Waals surface area contributed by atoms with Gasteiger partial charge in [0, 0.05) is 12.4 Å². The van der Waals surface area contributed by atoms with Gasteiger partial charge in [0.2, 0.25) is 0 Å². The maximum absolute atomic E-state index is 12.2. The Kier molecular flexibility index (Phi) is 2.48. The molecule has 1 aromatic heterocycles. The fraction of sp³-hybridized carbons (Fsp3) is 0.308. The van der Waals surface area contributed by atoms with Gasteiger partial charge in [-0.3, -0.25) is 14.8 Å². The highest BCUT2D eigenvalue weighted by atomic mass is 16.3. The average Bonchev–Trinajstić information content (AvgIpc) is 3.18. The number of hydrogen-bond acceptors (Lipinski definition) is 4. The van der Waals surface area contributed by atoms with E-state index in [0.717, 1.165) is 12.8 Å². The molecule has 3 rings (SSSR count). The first-order chi connectivity index (χ1) is 8.74. The molecule has 1 amide bonds. The second kappa shape index (κ2) is 4.03. The third-order valence-corrected chi connectivity index (χ3v) is 3.28. The SMILES string of the molecule is O=C(NC1(CO)CC1)c1cccc2nccnc12. The van der Waals surface area contributed by atoms with Crippen molar-refractivity contribution < 1.29 is 9.90 Å². The van der Waals surface area contributed by atoms with Gasteiger partial charge in [0.05, 0.1) is 23.2 Å². The first-order valence-electron chi connectivity index (χ1n) is 5.87. The molecule has 0 atom stereocenters. The Hall–Kier alpha value is -2.01. The Morgan fingerprint density at radius 1 is 1.33 bits per heavy atom. The molecule has 1 aliphatic rings. The van der Waals surface area contributed by atoms with E-state index < -0.39 is 5.54 Å². The van der Waals surface area contributed by atoms with Gasteiger partial charge in [-0.1, -0.05) is 6.07 Å². The van der Waals surface area contributed by atoms with Crippen molar-refractivity contribution >= 4 is 16.9 Å². The number of amides is 1. The van der Waals surface area contributed by atoms with E-state index >= 15 is 0 Å². The number of aliphatic hydroxyl groups excluding tert-OH is 1. The van der Waals surface area contributed by atoms with Crippen LogP contribution in [0.4, 0.5) is 0 Å². The van der Waals surface area contributed by atoms with Crippen molar-refractivity contribution in [2.45, 2.75) is 18.4 Å². The molecule has 18 heavy (non-hydrogen) atoms. The van der Waals surface area contributed by atoms with Crippen molar-refractivity contribution in [1.82, 2.24) is 15.3 Å². The summed E-state index contributed by atoms with van der Waals surface area (Å²) < 4.78 is 0. The van der Waals surface area contributed by atoms with E-state index in [1.54, 1.807) is 24.5 Å². The Morgan fingerprint density at radius 3 is 2.83 bits per heavy atom. The first kappa shape index (κ1) is 11.1. The summed E-state index contributed by atoms with van der Waals surface area (Å²) in [6.45, 7) is -0.0187. The largest absolute Gasteiger partial charge is 0.394 e. The second-order valence-electron chi connectivity index (χ2n) is 4.62. The maximum Gasteiger partial charge on any atom is 0.254 e. The minimum absolute atomic E-state index is 0.0187. The van der Waals surface area contributed by atoms with Crippen molar-refractivity contribution in [2.75, 3.05) is 6.61 Å². The van der Waals surface area contributed by atoms with Crippen LogP contribution in [0.25, 0.3) is 11.0 Å². The lowest BCUT2D eigenvalue weighted by Crippen LogP contribution is -2.39. The van der Waals surface area contributed by atoms with Crippen LogP contribution in [0.2, 0.25) is 0 Å². The zero-order valence-corrected chi connectivity index (χ0v) is 9.76. The van der Waals surface area contributed by atoms with Crippen LogP contribution in [0.5, 0.6) is 0 Å². The highest BCUT2D eigenvalue weighted by Crippen LogP contribution is 2.35. The summed E-state index contributed by atoms with van der Waals surface area (Å²) in [5, 5.41) is 12.1. The van der Waals surface area contributed by atoms with Gasteiger partial charge in [-0.05, 0) is 25.0 Å². The molecule has 2 aromatic rings. The molecule has 0 unspecified atom stereocenters. The number of nitrogens with one attached hydrogen (secondary N) is 1. The molecule has 92 valence electrons. The molecule has 0 spiro atoms. The molecule has 1 aliphatic carbocycles. The molecule has 1 aromatic carbocycles. The van der Waals surface area contributed by atoms with Crippen molar-refractivity contribution in [3.63, 3.8) is 0 Å². The summed E-state index contributed by atoms with van der Waals surface area (Å²) in [7, 11) is 0. The predicted molar refractivity (Wildman–Crippen MR) is 66.1 cm³/mol. The van der Waals surface area contributed by atoms with Crippen molar-refractivity contribution in [1.29, 1.82) is 0 Å². The van der Waals surface area contributed by atoms with Crippen LogP contribution in [0, 0.1) is 0 Å². The van der Waals surface area contributed by atoms with E-state index in [1.165, 1.54) is 0 Å². The lowest BCUT2D eigenvalue weighted by Gasteiger charge is -2.14. The standard InChI is InChI=1S/C13H13N3O2/c17-8-13(4-5-13)16-12(18)9-2-1-3-10-11(9)15-7-6-14-10/h1-3,6-7,17H,4-5,8H2,(H,16,18). The number of aromatic nitrogens is 2. The summed E-state index contributed by atoms with van der Waals surface area (Å²) in [4.78, 5) is 20.5. The summed E-state index contributed by atoms with van der Waals surface area (Å²) in [6, 6.07) is 5.32. The van der Waals surface area contributed by atoms with Crippen molar-refractivity contribution in [3.8, 4) is 0 Å². The highest BCUT2D eigenvalue weighted by Gasteiger charge is 2.43. The number of nitrogens with zero attached hydrogens (tertiary/aromatic N) is 2. The molecule has 5 heteroatoms. The van der Waals surface area contributed by atoms with E-state index in [4.69, 9.17) is 0 Å². The third-order valence-electron chi connectivity index (χ3n) is 3.28. The van der Waals surface area contributed by atoms with Crippen LogP contribution in [0.3, 0.4) is 0 Å². The molecule has 0 aliphatic heterocycles. The lowest BCUT2D eigenvalue weighted by molar-refractivity contribution is 0.0908. The van der Waals surface area contributed by atoms with Gasteiger partial charge in [0.15, 0.2) is 0 Å². The Bertz CT molecular complexity index is 603. The highest BCUT2D eigenvalue weighted by molar-refractivity contribution is 6.05. The van der Waals surface area contributed by atoms with Crippen LogP contribution in [0.1, 0.15) is 23.2 Å². The summed E-state index contributed by atoms with van der Waals surface area (Å²) in [6.07, 6.45) is 4.82. The van der Waals surface area contributed by atoms with Crippen LogP contribution >= 0.6 is 0 Å². The van der Waals surface area contributed by atoms with Crippen molar-refractivity contribution in [2.24, 2.45) is 0 Å². The number of fused-ring (bicyclic) bond motifs is 1. The predicted octanol–water partition coefficient (Wildman–Crippen LogP) is 0.884. The van der Waals surface area contributed by atoms with Gasteiger partial charge in [0.1, 0.15) is 5.52 Å². The lowest BCUT2D eigenvalue weighted by atomic mass is 10.1. The summed E-state index contributed by atoms with van der Waals surface area (Å²) in [5.74, 6) is -0.201. The maximum atomic E-state index is 12.2. The third kappa shape index (κ3) is 1.82. The van der Waals surface area contributed by atoms with Gasteiger partial charge in [-0.15, -0.1) is 0 Å². The fourth-order valence-corrected chi connectivity index (χ4v) is 1.96. The zero-order valence-electron chi connectivity index (χ0n) is 9.76. The normalized spacial score (nSPS) is 16.5. The Morgan fingerprint density at radius 2 is 2.11 bits per heavy atom. The molecule has 1 saturated carbocycles. The van der Waals surface area contributed by atoms with Gasteiger partial charge in [0.25, 0.3) is 5.91 Å². The smallest absolute Gasteiger partial charge is 0.254 e. The summed E-state index contributed by atoms with van der Waals surface area (Å²) >= 11 is 0. The number of benzene rings is 1. The molecule has 5 nitrogen and oxygen atoms in total.